The SMILES string of the molecule is CCC(C)C(NC(=O)c1ccnc(OC2CCC2)c1)C(=O)O. The minimum Gasteiger partial charge on any atom is -0.480 e. The van der Waals surface area contributed by atoms with E-state index >= 15 is 0 Å². The van der Waals surface area contributed by atoms with Gasteiger partial charge in [-0.05, 0) is 31.2 Å². The molecule has 0 saturated heterocycles. The van der Waals surface area contributed by atoms with E-state index in [0.717, 1.165) is 19.3 Å². The highest BCUT2D eigenvalue weighted by Gasteiger charge is 2.26. The number of nitrogens with zero attached hydrogens (tertiary/aromatic N) is 1. The van der Waals surface area contributed by atoms with E-state index in [1.54, 1.807) is 19.1 Å². The highest BCUT2D eigenvalue weighted by atomic mass is 16.5. The molecule has 1 aliphatic carbocycles. The number of hydrogen-bond donors (Lipinski definition) is 2. The number of carboxylic acid groups (broad SMARTS) is 1. The average Bonchev–Trinajstić information content (AvgIpc) is 2.47. The highest BCUT2D eigenvalue weighted by molar-refractivity contribution is 5.96. The molecule has 120 valence electrons. The average molecular weight is 306 g/mol. The summed E-state index contributed by atoms with van der Waals surface area (Å²) in [6.07, 6.45) is 5.52. The van der Waals surface area contributed by atoms with Crippen LogP contribution in [0.5, 0.6) is 5.88 Å². The number of pyridine rings is 1. The molecule has 0 aliphatic heterocycles. The van der Waals surface area contributed by atoms with Gasteiger partial charge in [0.1, 0.15) is 12.1 Å². The molecule has 1 fully saturated rings. The Morgan fingerprint density at radius 2 is 2.23 bits per heavy atom. The summed E-state index contributed by atoms with van der Waals surface area (Å²) in [7, 11) is 0. The number of carbonyl (C=O) groups is 2. The van der Waals surface area contributed by atoms with Gasteiger partial charge in [-0.3, -0.25) is 4.79 Å². The first-order chi connectivity index (χ1) is 10.5. The number of aliphatic carboxylic acids is 1. The van der Waals surface area contributed by atoms with E-state index in [4.69, 9.17) is 4.74 Å². The van der Waals surface area contributed by atoms with Crippen molar-refractivity contribution < 1.29 is 19.4 Å². The monoisotopic (exact) mass is 306 g/mol. The maximum absolute atomic E-state index is 12.2. The van der Waals surface area contributed by atoms with Crippen LogP contribution in [-0.2, 0) is 4.79 Å². The fourth-order valence-corrected chi connectivity index (χ4v) is 2.18. The first-order valence-electron chi connectivity index (χ1n) is 7.67. The van der Waals surface area contributed by atoms with E-state index in [-0.39, 0.29) is 12.0 Å². The highest BCUT2D eigenvalue weighted by Crippen LogP contribution is 2.24. The molecule has 2 rings (SSSR count). The molecule has 22 heavy (non-hydrogen) atoms. The summed E-state index contributed by atoms with van der Waals surface area (Å²) < 4.78 is 5.65. The largest absolute Gasteiger partial charge is 0.480 e. The Kier molecular flexibility index (Phi) is 5.35. The van der Waals surface area contributed by atoms with Crippen LogP contribution in [0.2, 0.25) is 0 Å². The van der Waals surface area contributed by atoms with Gasteiger partial charge >= 0.3 is 5.97 Å². The van der Waals surface area contributed by atoms with Gasteiger partial charge in [-0.15, -0.1) is 0 Å². The summed E-state index contributed by atoms with van der Waals surface area (Å²) in [6.45, 7) is 3.69. The molecule has 0 aromatic carbocycles. The Bertz CT molecular complexity index is 543. The zero-order valence-electron chi connectivity index (χ0n) is 12.9. The fraction of sp³-hybridized carbons (Fsp3) is 0.562. The summed E-state index contributed by atoms with van der Waals surface area (Å²) in [6, 6.07) is 2.21. The Hall–Kier alpha value is -2.11. The number of ether oxygens (including phenoxy) is 1. The number of aromatic nitrogens is 1. The molecule has 6 heteroatoms. The molecule has 0 bridgehead atoms. The summed E-state index contributed by atoms with van der Waals surface area (Å²) >= 11 is 0. The van der Waals surface area contributed by atoms with Gasteiger partial charge in [0.25, 0.3) is 5.91 Å². The van der Waals surface area contributed by atoms with Crippen LogP contribution in [-0.4, -0.2) is 34.1 Å². The molecule has 1 aromatic rings. The fourth-order valence-electron chi connectivity index (χ4n) is 2.18. The smallest absolute Gasteiger partial charge is 0.326 e. The van der Waals surface area contributed by atoms with E-state index in [9.17, 15) is 14.7 Å². The molecular formula is C16H22N2O4. The second-order valence-electron chi connectivity index (χ2n) is 5.73. The maximum Gasteiger partial charge on any atom is 0.326 e. The quantitative estimate of drug-likeness (QED) is 0.806. The molecule has 1 heterocycles. The molecule has 1 aromatic heterocycles. The van der Waals surface area contributed by atoms with Gasteiger partial charge in [0, 0.05) is 17.8 Å². The van der Waals surface area contributed by atoms with Crippen molar-refractivity contribution in [2.24, 2.45) is 5.92 Å². The number of amides is 1. The van der Waals surface area contributed by atoms with Crippen molar-refractivity contribution in [3.8, 4) is 5.88 Å². The topological polar surface area (TPSA) is 88.5 Å². The molecule has 2 atom stereocenters. The Labute approximate surface area is 129 Å². The first kappa shape index (κ1) is 16.3. The Morgan fingerprint density at radius 1 is 1.50 bits per heavy atom. The lowest BCUT2D eigenvalue weighted by Gasteiger charge is -2.25. The minimum atomic E-state index is -1.03. The zero-order chi connectivity index (χ0) is 16.1. The predicted octanol–water partition coefficient (Wildman–Crippen LogP) is 2.24. The first-order valence-corrected chi connectivity index (χ1v) is 7.67. The molecule has 1 aliphatic rings. The van der Waals surface area contributed by atoms with Gasteiger partial charge < -0.3 is 15.2 Å². The third kappa shape index (κ3) is 3.96. The van der Waals surface area contributed by atoms with Gasteiger partial charge in [-0.2, -0.15) is 0 Å². The van der Waals surface area contributed by atoms with Crippen molar-refractivity contribution in [2.75, 3.05) is 0 Å². The number of rotatable bonds is 7. The standard InChI is InChI=1S/C16H22N2O4/c1-3-10(2)14(16(20)21)18-15(19)11-7-8-17-13(9-11)22-12-5-4-6-12/h7-10,12,14H,3-6H2,1-2H3,(H,18,19)(H,20,21). The Balaban J connectivity index is 2.04. The van der Waals surface area contributed by atoms with Gasteiger partial charge in [0.05, 0.1) is 0 Å². The van der Waals surface area contributed by atoms with Crippen molar-refractivity contribution >= 4 is 11.9 Å². The minimum absolute atomic E-state index is 0.144. The van der Waals surface area contributed by atoms with Crippen LogP contribution in [0.15, 0.2) is 18.3 Å². The van der Waals surface area contributed by atoms with Gasteiger partial charge in [-0.1, -0.05) is 20.3 Å². The van der Waals surface area contributed by atoms with E-state index in [0.29, 0.717) is 17.9 Å². The molecule has 6 nitrogen and oxygen atoms in total. The molecule has 2 N–H and O–H groups in total. The molecule has 1 amide bonds. The summed E-state index contributed by atoms with van der Waals surface area (Å²) in [5.74, 6) is -1.18. The summed E-state index contributed by atoms with van der Waals surface area (Å²) in [5.41, 5.74) is 0.360. The third-order valence-corrected chi connectivity index (χ3v) is 4.10. The normalized spacial score (nSPS) is 17.2. The van der Waals surface area contributed by atoms with Crippen LogP contribution < -0.4 is 10.1 Å². The van der Waals surface area contributed by atoms with Gasteiger partial charge in [0.15, 0.2) is 0 Å². The summed E-state index contributed by atoms with van der Waals surface area (Å²) in [4.78, 5) is 27.6. The second-order valence-corrected chi connectivity index (χ2v) is 5.73. The lowest BCUT2D eigenvalue weighted by atomic mass is 9.96. The van der Waals surface area contributed by atoms with Crippen molar-refractivity contribution in [2.45, 2.75) is 51.7 Å². The van der Waals surface area contributed by atoms with Crippen molar-refractivity contribution in [1.29, 1.82) is 0 Å². The molecular weight excluding hydrogens is 284 g/mol. The van der Waals surface area contributed by atoms with Gasteiger partial charge in [0.2, 0.25) is 5.88 Å². The van der Waals surface area contributed by atoms with Crippen LogP contribution >= 0.6 is 0 Å². The van der Waals surface area contributed by atoms with Crippen LogP contribution in [0.1, 0.15) is 49.9 Å². The Morgan fingerprint density at radius 3 is 2.77 bits per heavy atom. The van der Waals surface area contributed by atoms with E-state index in [2.05, 4.69) is 10.3 Å². The zero-order valence-corrected chi connectivity index (χ0v) is 12.9. The number of carbonyl (C=O) groups excluding carboxylic acids is 1. The molecule has 1 saturated carbocycles. The lowest BCUT2D eigenvalue weighted by molar-refractivity contribution is -0.140. The molecule has 0 spiro atoms. The van der Waals surface area contributed by atoms with E-state index < -0.39 is 17.9 Å². The van der Waals surface area contributed by atoms with E-state index in [1.807, 2.05) is 6.92 Å². The van der Waals surface area contributed by atoms with Crippen LogP contribution in [0.3, 0.4) is 0 Å². The van der Waals surface area contributed by atoms with Crippen molar-refractivity contribution in [1.82, 2.24) is 10.3 Å². The number of carboxylic acids is 1. The number of nitrogens with one attached hydrogen (secondary N) is 1. The van der Waals surface area contributed by atoms with Crippen molar-refractivity contribution in [3.63, 3.8) is 0 Å². The van der Waals surface area contributed by atoms with Crippen molar-refractivity contribution in [3.05, 3.63) is 23.9 Å². The van der Waals surface area contributed by atoms with Crippen LogP contribution in [0, 0.1) is 5.92 Å². The predicted molar refractivity (Wildman–Crippen MR) is 80.8 cm³/mol. The lowest BCUT2D eigenvalue weighted by Crippen LogP contribution is -2.45. The molecule has 2 unspecified atom stereocenters. The number of hydrogen-bond acceptors (Lipinski definition) is 4. The third-order valence-electron chi connectivity index (χ3n) is 4.10. The van der Waals surface area contributed by atoms with Crippen LogP contribution in [0.4, 0.5) is 0 Å². The second kappa shape index (κ2) is 7.24. The van der Waals surface area contributed by atoms with Gasteiger partial charge in [-0.25, -0.2) is 9.78 Å². The maximum atomic E-state index is 12.2. The van der Waals surface area contributed by atoms with E-state index in [1.165, 1.54) is 6.20 Å². The molecule has 0 radical (unpaired) electrons. The summed E-state index contributed by atoms with van der Waals surface area (Å²) in [5, 5.41) is 11.8. The van der Waals surface area contributed by atoms with Crippen LogP contribution in [0.25, 0.3) is 0 Å².